The molecule has 0 saturated carbocycles. The molecule has 1 aliphatic rings. The molecule has 0 saturated heterocycles. The van der Waals surface area contributed by atoms with Gasteiger partial charge in [-0.1, -0.05) is 36.4 Å². The summed E-state index contributed by atoms with van der Waals surface area (Å²) in [4.78, 5) is 20.1. The number of thiophene rings is 3. The molecular weight excluding hydrogens is 334 g/mol. The van der Waals surface area contributed by atoms with Gasteiger partial charge in [0.2, 0.25) is 5.78 Å². The highest BCUT2D eigenvalue weighted by molar-refractivity contribution is 7.08. The summed E-state index contributed by atoms with van der Waals surface area (Å²) >= 11 is 5.14. The Bertz CT molecular complexity index is 500. The zero-order valence-corrected chi connectivity index (χ0v) is 14.1. The SMILES string of the molecule is O=C1C=CNC1=O.c1ccsc1.c1ccsc1.c1ccsc1. The van der Waals surface area contributed by atoms with Gasteiger partial charge in [0.25, 0.3) is 5.91 Å². The van der Waals surface area contributed by atoms with Crippen LogP contribution in [0.3, 0.4) is 0 Å². The number of ketones is 1. The molecule has 1 aliphatic heterocycles. The van der Waals surface area contributed by atoms with Crippen LogP contribution in [0, 0.1) is 0 Å². The van der Waals surface area contributed by atoms with Gasteiger partial charge in [0.05, 0.1) is 0 Å². The van der Waals surface area contributed by atoms with Crippen molar-refractivity contribution < 1.29 is 9.59 Å². The monoisotopic (exact) mass is 349 g/mol. The first-order chi connectivity index (χ1) is 10.8. The molecule has 0 aliphatic carbocycles. The Kier molecular flexibility index (Phi) is 10.4. The maximum atomic E-state index is 10.1. The van der Waals surface area contributed by atoms with Crippen molar-refractivity contribution in [1.29, 1.82) is 0 Å². The summed E-state index contributed by atoms with van der Waals surface area (Å²) in [5, 5.41) is 14.5. The molecule has 0 spiro atoms. The molecule has 0 fully saturated rings. The lowest BCUT2D eigenvalue weighted by Gasteiger charge is -1.78. The van der Waals surface area contributed by atoms with Crippen molar-refractivity contribution in [3.63, 3.8) is 0 Å². The van der Waals surface area contributed by atoms with Crippen molar-refractivity contribution in [2.75, 3.05) is 0 Å². The largest absolute Gasteiger partial charge is 0.326 e. The summed E-state index contributed by atoms with van der Waals surface area (Å²) in [7, 11) is 0. The standard InChI is InChI=1S/C4H3NO2.3C4H4S/c6-3-1-2-5-4(3)7;3*1-2-4-5-3-1/h1-2H,(H,5,6,7);3*1-4H. The van der Waals surface area contributed by atoms with Gasteiger partial charge in [-0.15, -0.1) is 0 Å². The second-order valence-electron chi connectivity index (χ2n) is 3.55. The number of carbonyl (C=O) groups excluding carboxylic acids is 2. The van der Waals surface area contributed by atoms with Gasteiger partial charge in [0.1, 0.15) is 0 Å². The Morgan fingerprint density at radius 2 is 1.00 bits per heavy atom. The summed E-state index contributed by atoms with van der Waals surface area (Å²) in [6.45, 7) is 0. The third-order valence-corrected chi connectivity index (χ3v) is 3.83. The van der Waals surface area contributed by atoms with E-state index in [2.05, 4.69) is 5.32 Å². The van der Waals surface area contributed by atoms with E-state index in [-0.39, 0.29) is 0 Å². The van der Waals surface area contributed by atoms with Gasteiger partial charge in [-0.25, -0.2) is 0 Å². The quantitative estimate of drug-likeness (QED) is 0.610. The van der Waals surface area contributed by atoms with Gasteiger partial charge in [-0.2, -0.15) is 34.0 Å². The summed E-state index contributed by atoms with van der Waals surface area (Å²) in [5.74, 6) is -1.01. The third kappa shape index (κ3) is 9.82. The average Bonchev–Trinajstić information content (AvgIpc) is 3.36. The first kappa shape index (κ1) is 18.0. The molecule has 0 atom stereocenters. The first-order valence-electron chi connectivity index (χ1n) is 6.23. The van der Waals surface area contributed by atoms with Gasteiger partial charge < -0.3 is 5.32 Å². The lowest BCUT2D eigenvalue weighted by molar-refractivity contribution is -0.133. The highest BCUT2D eigenvalue weighted by Crippen LogP contribution is 1.92. The second kappa shape index (κ2) is 12.7. The normalized spacial score (nSPS) is 11.1. The molecule has 4 rings (SSSR count). The van der Waals surface area contributed by atoms with Crippen LogP contribution < -0.4 is 5.32 Å². The molecule has 1 amide bonds. The van der Waals surface area contributed by atoms with Crippen molar-refractivity contribution in [1.82, 2.24) is 5.32 Å². The smallest absolute Gasteiger partial charge is 0.295 e. The predicted molar refractivity (Wildman–Crippen MR) is 95.2 cm³/mol. The minimum Gasteiger partial charge on any atom is -0.326 e. The molecule has 3 nitrogen and oxygen atoms in total. The van der Waals surface area contributed by atoms with Crippen molar-refractivity contribution in [3.05, 3.63) is 81.0 Å². The van der Waals surface area contributed by atoms with Crippen LogP contribution in [0.4, 0.5) is 0 Å². The van der Waals surface area contributed by atoms with E-state index in [1.807, 2.05) is 68.7 Å². The Balaban J connectivity index is 0.000000148. The van der Waals surface area contributed by atoms with Crippen molar-refractivity contribution in [2.24, 2.45) is 0 Å². The minimum absolute atomic E-state index is 0.472. The predicted octanol–water partition coefficient (Wildman–Crippen LogP) is 4.44. The van der Waals surface area contributed by atoms with E-state index >= 15 is 0 Å². The Morgan fingerprint density at radius 1 is 0.636 bits per heavy atom. The van der Waals surface area contributed by atoms with Gasteiger partial charge in [0.15, 0.2) is 0 Å². The van der Waals surface area contributed by atoms with Crippen molar-refractivity contribution >= 4 is 45.7 Å². The zero-order valence-electron chi connectivity index (χ0n) is 11.6. The van der Waals surface area contributed by atoms with E-state index in [0.717, 1.165) is 0 Å². The van der Waals surface area contributed by atoms with Crippen LogP contribution in [0.5, 0.6) is 0 Å². The third-order valence-electron chi connectivity index (χ3n) is 1.95. The van der Waals surface area contributed by atoms with Crippen molar-refractivity contribution in [2.45, 2.75) is 0 Å². The molecule has 3 aromatic rings. The molecule has 0 aromatic carbocycles. The van der Waals surface area contributed by atoms with E-state index in [0.29, 0.717) is 0 Å². The molecule has 1 N–H and O–H groups in total. The van der Waals surface area contributed by atoms with Crippen LogP contribution in [-0.4, -0.2) is 11.7 Å². The van der Waals surface area contributed by atoms with Crippen LogP contribution in [0.15, 0.2) is 81.0 Å². The fourth-order valence-electron chi connectivity index (χ4n) is 1.02. The molecule has 4 heterocycles. The van der Waals surface area contributed by atoms with Gasteiger partial charge in [0, 0.05) is 12.3 Å². The summed E-state index contributed by atoms with van der Waals surface area (Å²) < 4.78 is 0. The molecular formula is C16H15NO2S3. The summed E-state index contributed by atoms with van der Waals surface area (Å²) in [5.41, 5.74) is 0. The maximum absolute atomic E-state index is 10.1. The molecule has 0 unspecified atom stereocenters. The van der Waals surface area contributed by atoms with Gasteiger partial charge >= 0.3 is 0 Å². The van der Waals surface area contributed by atoms with E-state index in [1.165, 1.54) is 12.3 Å². The molecule has 114 valence electrons. The fraction of sp³-hybridized carbons (Fsp3) is 0. The minimum atomic E-state index is -0.542. The van der Waals surface area contributed by atoms with Gasteiger partial charge in [-0.05, 0) is 32.3 Å². The van der Waals surface area contributed by atoms with E-state index in [1.54, 1.807) is 34.0 Å². The van der Waals surface area contributed by atoms with Crippen LogP contribution in [0.2, 0.25) is 0 Å². The molecule has 3 aromatic heterocycles. The Morgan fingerprint density at radius 3 is 1.09 bits per heavy atom. The molecule has 0 bridgehead atoms. The fourth-order valence-corrected chi connectivity index (χ4v) is 2.38. The Labute approximate surface area is 141 Å². The number of hydrogen-bond acceptors (Lipinski definition) is 5. The lowest BCUT2D eigenvalue weighted by atomic mass is 10.4. The highest BCUT2D eigenvalue weighted by Gasteiger charge is 2.12. The van der Waals surface area contributed by atoms with Crippen LogP contribution in [-0.2, 0) is 9.59 Å². The van der Waals surface area contributed by atoms with Crippen LogP contribution >= 0.6 is 34.0 Å². The van der Waals surface area contributed by atoms with Crippen LogP contribution in [0.25, 0.3) is 0 Å². The van der Waals surface area contributed by atoms with E-state index in [4.69, 9.17) is 0 Å². The second-order valence-corrected chi connectivity index (χ2v) is 6.00. The summed E-state index contributed by atoms with van der Waals surface area (Å²) in [6.07, 6.45) is 2.52. The molecule has 22 heavy (non-hydrogen) atoms. The Hall–Kier alpha value is -2.02. The maximum Gasteiger partial charge on any atom is 0.295 e. The molecule has 0 radical (unpaired) electrons. The number of carbonyl (C=O) groups is 2. The number of nitrogens with one attached hydrogen (secondary N) is 1. The molecule has 6 heteroatoms. The highest BCUT2D eigenvalue weighted by atomic mass is 32.1. The summed E-state index contributed by atoms with van der Waals surface area (Å²) in [6, 6.07) is 12.1. The van der Waals surface area contributed by atoms with Crippen molar-refractivity contribution in [3.8, 4) is 0 Å². The zero-order chi connectivity index (χ0) is 15.9. The first-order valence-corrected chi connectivity index (χ1v) is 9.06. The van der Waals surface area contributed by atoms with Crippen LogP contribution in [0.1, 0.15) is 0 Å². The topological polar surface area (TPSA) is 46.2 Å². The number of amides is 1. The average molecular weight is 350 g/mol. The number of rotatable bonds is 0. The van der Waals surface area contributed by atoms with E-state index in [9.17, 15) is 9.59 Å². The van der Waals surface area contributed by atoms with E-state index < -0.39 is 11.7 Å². The lowest BCUT2D eigenvalue weighted by Crippen LogP contribution is -2.17. The number of hydrogen-bond donors (Lipinski definition) is 1. The van der Waals surface area contributed by atoms with Gasteiger partial charge in [-0.3, -0.25) is 9.59 Å².